The number of nitriles is 2. The number of pyridine rings is 1. The molecule has 7 rings (SSSR count). The first-order valence-electron chi connectivity index (χ1n) is 14.6. The molecule has 6 aromatic rings. The number of nitrogen functional groups attached to an aromatic ring is 1. The zero-order valence-electron chi connectivity index (χ0n) is 24.5. The van der Waals surface area contributed by atoms with Gasteiger partial charge in [-0.25, -0.2) is 4.98 Å². The van der Waals surface area contributed by atoms with Gasteiger partial charge in [0.2, 0.25) is 0 Å². The fourth-order valence-corrected chi connectivity index (χ4v) is 5.78. The summed E-state index contributed by atoms with van der Waals surface area (Å²) in [6, 6.07) is 40.9. The van der Waals surface area contributed by atoms with E-state index < -0.39 is 0 Å². The summed E-state index contributed by atoms with van der Waals surface area (Å²) < 4.78 is 0. The second kappa shape index (κ2) is 11.7. The van der Waals surface area contributed by atoms with E-state index in [9.17, 15) is 15.9 Å². The van der Waals surface area contributed by atoms with Crippen molar-refractivity contribution in [3.8, 4) is 45.6 Å². The summed E-state index contributed by atoms with van der Waals surface area (Å²) in [4.78, 5) is 5.13. The van der Waals surface area contributed by atoms with Gasteiger partial charge in [0.25, 0.3) is 0 Å². The standard InChI is InChI=1S/C39H25N7/c40-22-24-19-29(23-41)36(33(42)20-24)26-13-11-25(12-14-26)28-15-16-31-35(21-28)44-39(27-7-3-1-4-8-27)32-17-18-34(38(43)37(31)32)46-45-30-9-5-2-6-10-30/h1-21,43,45H,42H2/b43-38?,46-34-. The zero-order chi connectivity index (χ0) is 31.6. The van der Waals surface area contributed by atoms with Crippen molar-refractivity contribution in [1.82, 2.24) is 4.98 Å². The smallest absolute Gasteiger partial charge is 0.109 e. The molecule has 46 heavy (non-hydrogen) atoms. The quantitative estimate of drug-likeness (QED) is 0.137. The van der Waals surface area contributed by atoms with E-state index in [-0.39, 0.29) is 0 Å². The van der Waals surface area contributed by atoms with Crippen LogP contribution in [0.3, 0.4) is 0 Å². The first-order chi connectivity index (χ1) is 22.5. The zero-order valence-corrected chi connectivity index (χ0v) is 24.5. The van der Waals surface area contributed by atoms with Crippen LogP contribution in [0, 0.1) is 28.1 Å². The monoisotopic (exact) mass is 591 g/mol. The molecule has 0 aliphatic heterocycles. The molecular formula is C39H25N7. The SMILES string of the molecule is N#Cc1cc(N)c(-c2ccc(-c3ccc4c5c(c(-c6ccccc6)nc4c3)C=C/C(=N/Nc3ccccc3)C5=N)cc2)c(C#N)c1. The number of allylic oxidation sites excluding steroid dienone is 1. The Kier molecular flexibility index (Phi) is 7.11. The predicted molar refractivity (Wildman–Crippen MR) is 185 cm³/mol. The molecule has 0 saturated carbocycles. The summed E-state index contributed by atoms with van der Waals surface area (Å²) in [6.45, 7) is 0. The highest BCUT2D eigenvalue weighted by molar-refractivity contribution is 6.55. The molecule has 216 valence electrons. The van der Waals surface area contributed by atoms with E-state index >= 15 is 0 Å². The maximum atomic E-state index is 9.71. The first-order valence-corrected chi connectivity index (χ1v) is 14.6. The third-order valence-electron chi connectivity index (χ3n) is 7.99. The van der Waals surface area contributed by atoms with Gasteiger partial charge in [0, 0.05) is 33.3 Å². The Bertz CT molecular complexity index is 2310. The lowest BCUT2D eigenvalue weighted by Crippen LogP contribution is -2.20. The molecule has 0 fully saturated rings. The number of nitrogens with one attached hydrogen (secondary N) is 2. The van der Waals surface area contributed by atoms with Crippen molar-refractivity contribution in [2.45, 2.75) is 0 Å². The fraction of sp³-hybridized carbons (Fsp3) is 0. The van der Waals surface area contributed by atoms with E-state index in [1.165, 1.54) is 0 Å². The number of nitrogens with two attached hydrogens (primary N) is 1. The number of hydrogen-bond acceptors (Lipinski definition) is 7. The van der Waals surface area contributed by atoms with Crippen LogP contribution in [0.5, 0.6) is 0 Å². The second-order valence-corrected chi connectivity index (χ2v) is 10.8. The summed E-state index contributed by atoms with van der Waals surface area (Å²) in [5, 5.41) is 33.6. The van der Waals surface area contributed by atoms with Crippen LogP contribution in [0.15, 0.2) is 126 Å². The highest BCUT2D eigenvalue weighted by atomic mass is 15.3. The lowest BCUT2D eigenvalue weighted by molar-refractivity contribution is 1.33. The van der Waals surface area contributed by atoms with E-state index in [4.69, 9.17) is 10.7 Å². The van der Waals surface area contributed by atoms with E-state index in [1.54, 1.807) is 12.1 Å². The largest absolute Gasteiger partial charge is 0.398 e. The van der Waals surface area contributed by atoms with Crippen molar-refractivity contribution in [1.29, 1.82) is 15.9 Å². The average molecular weight is 592 g/mol. The summed E-state index contributed by atoms with van der Waals surface area (Å²) in [5.41, 5.74) is 19.6. The second-order valence-electron chi connectivity index (χ2n) is 10.8. The van der Waals surface area contributed by atoms with E-state index in [0.717, 1.165) is 55.7 Å². The van der Waals surface area contributed by atoms with Gasteiger partial charge in [0.1, 0.15) is 5.71 Å². The molecule has 0 radical (unpaired) electrons. The molecule has 5 aromatic carbocycles. The van der Waals surface area contributed by atoms with Gasteiger partial charge in [-0.2, -0.15) is 15.6 Å². The molecule has 0 amide bonds. The first kappa shape index (κ1) is 28.0. The molecule has 7 nitrogen and oxygen atoms in total. The molecule has 0 atom stereocenters. The Morgan fingerprint density at radius 3 is 2.11 bits per heavy atom. The van der Waals surface area contributed by atoms with Crippen LogP contribution in [0.2, 0.25) is 0 Å². The van der Waals surface area contributed by atoms with Gasteiger partial charge in [0.05, 0.1) is 45.9 Å². The lowest BCUT2D eigenvalue weighted by Gasteiger charge is -2.20. The number of nitrogens with zero attached hydrogens (tertiary/aromatic N) is 4. The molecular weight excluding hydrogens is 566 g/mol. The topological polar surface area (TPSA) is 135 Å². The van der Waals surface area contributed by atoms with Crippen LogP contribution < -0.4 is 11.2 Å². The van der Waals surface area contributed by atoms with Gasteiger partial charge in [-0.05, 0) is 59.2 Å². The molecule has 4 N–H and O–H groups in total. The van der Waals surface area contributed by atoms with Crippen molar-refractivity contribution in [3.05, 3.63) is 144 Å². The van der Waals surface area contributed by atoms with Gasteiger partial charge in [0.15, 0.2) is 0 Å². The van der Waals surface area contributed by atoms with Crippen molar-refractivity contribution in [2.75, 3.05) is 11.2 Å². The van der Waals surface area contributed by atoms with Gasteiger partial charge < -0.3 is 5.73 Å². The van der Waals surface area contributed by atoms with Crippen molar-refractivity contribution in [3.63, 3.8) is 0 Å². The normalized spacial score (nSPS) is 12.8. The Balaban J connectivity index is 1.32. The highest BCUT2D eigenvalue weighted by Crippen LogP contribution is 2.37. The Morgan fingerprint density at radius 2 is 1.39 bits per heavy atom. The summed E-state index contributed by atoms with van der Waals surface area (Å²) >= 11 is 0. The van der Waals surface area contributed by atoms with Crippen LogP contribution in [-0.2, 0) is 0 Å². The van der Waals surface area contributed by atoms with Crippen LogP contribution >= 0.6 is 0 Å². The molecule has 1 heterocycles. The third-order valence-corrected chi connectivity index (χ3v) is 7.99. The molecule has 7 heteroatoms. The van der Waals surface area contributed by atoms with Crippen LogP contribution in [-0.4, -0.2) is 16.4 Å². The summed E-state index contributed by atoms with van der Waals surface area (Å²) in [5.74, 6) is 0. The Hall–Kier alpha value is -6.83. The van der Waals surface area contributed by atoms with Crippen molar-refractivity contribution >= 4 is 39.8 Å². The number of benzene rings is 5. The molecule has 1 aliphatic rings. The van der Waals surface area contributed by atoms with E-state index in [2.05, 4.69) is 22.7 Å². The number of hydrogen-bond donors (Lipinski definition) is 3. The van der Waals surface area contributed by atoms with Crippen LogP contribution in [0.25, 0.3) is 50.5 Å². The summed E-state index contributed by atoms with van der Waals surface area (Å²) in [6.07, 6.45) is 3.85. The number of para-hydroxylation sites is 1. The van der Waals surface area contributed by atoms with Crippen LogP contribution in [0.4, 0.5) is 11.4 Å². The third kappa shape index (κ3) is 5.05. The van der Waals surface area contributed by atoms with Gasteiger partial charge in [-0.1, -0.05) is 84.9 Å². The minimum Gasteiger partial charge on any atom is -0.398 e. The van der Waals surface area contributed by atoms with E-state index in [1.807, 2.05) is 115 Å². The molecule has 0 saturated heterocycles. The molecule has 0 unspecified atom stereocenters. The van der Waals surface area contributed by atoms with Crippen molar-refractivity contribution < 1.29 is 0 Å². The Morgan fingerprint density at radius 1 is 0.696 bits per heavy atom. The predicted octanol–water partition coefficient (Wildman–Crippen LogP) is 8.42. The molecule has 0 bridgehead atoms. The number of aromatic nitrogens is 1. The minimum absolute atomic E-state index is 0.316. The van der Waals surface area contributed by atoms with Gasteiger partial charge >= 0.3 is 0 Å². The highest BCUT2D eigenvalue weighted by Gasteiger charge is 2.24. The van der Waals surface area contributed by atoms with Gasteiger partial charge in [-0.3, -0.25) is 10.8 Å². The molecule has 0 spiro atoms. The maximum Gasteiger partial charge on any atom is 0.109 e. The Labute approximate surface area is 265 Å². The van der Waals surface area contributed by atoms with E-state index in [0.29, 0.717) is 33.8 Å². The maximum absolute atomic E-state index is 9.71. The van der Waals surface area contributed by atoms with Crippen LogP contribution in [0.1, 0.15) is 22.3 Å². The molecule has 1 aromatic heterocycles. The number of fused-ring (bicyclic) bond motifs is 3. The van der Waals surface area contributed by atoms with Crippen molar-refractivity contribution in [2.24, 2.45) is 5.10 Å². The number of anilines is 2. The number of rotatable bonds is 5. The fourth-order valence-electron chi connectivity index (χ4n) is 5.78. The minimum atomic E-state index is 0.316. The van der Waals surface area contributed by atoms with Gasteiger partial charge in [-0.15, -0.1) is 0 Å². The summed E-state index contributed by atoms with van der Waals surface area (Å²) in [7, 11) is 0. The molecule has 1 aliphatic carbocycles. The lowest BCUT2D eigenvalue weighted by atomic mass is 9.87. The average Bonchev–Trinajstić information content (AvgIpc) is 3.11. The number of hydrazone groups is 1.